The number of hydrogen-bond donors (Lipinski definition) is 2. The van der Waals surface area contributed by atoms with Gasteiger partial charge in [0.2, 0.25) is 5.91 Å². The third-order valence-corrected chi connectivity index (χ3v) is 17.0. The Morgan fingerprint density at radius 1 is 0.950 bits per heavy atom. The molecule has 20 heteroatoms. The zero-order chi connectivity index (χ0) is 56.5. The quantitative estimate of drug-likeness (QED) is 0.0773. The van der Waals surface area contributed by atoms with Crippen LogP contribution in [0.4, 0.5) is 14.6 Å². The zero-order valence-corrected chi connectivity index (χ0v) is 47.0. The number of carbonyl (C=O) groups is 3. The van der Waals surface area contributed by atoms with Crippen LogP contribution in [0.1, 0.15) is 82.2 Å². The molecule has 3 aromatic heterocycles. The van der Waals surface area contributed by atoms with Crippen molar-refractivity contribution in [3.8, 4) is 39.2 Å². The lowest BCUT2D eigenvalue weighted by atomic mass is 9.89. The normalized spacial score (nSPS) is 18.5. The Labute approximate surface area is 472 Å². The third-order valence-electron chi connectivity index (χ3n) is 15.7. The molecule has 4 aromatic carbocycles. The number of benzene rings is 4. The zero-order valence-electron chi connectivity index (χ0n) is 45.4. The van der Waals surface area contributed by atoms with Crippen LogP contribution in [0.25, 0.3) is 43.2 Å². The molecule has 2 amide bonds. The SMILES string of the molecule is C=C(F)C(=O)N1CCN(c2nc(O[C@H](C)CN3CCC(COc4cc([C@@H](C(=O)N5C[C@H](O)C[C@H]5C(=O)C[C@@H](C)c5ccc(-c6scnc6C)cc5)C(C)C)on4)CC3)nc3c(F)c(-c4cc(O)cc5ccccc45)c(Cl)cc23)CC1. The first-order valence-electron chi connectivity index (χ1n) is 27.2. The minimum Gasteiger partial charge on any atom is -0.508 e. The van der Waals surface area contributed by atoms with Gasteiger partial charge in [-0.3, -0.25) is 19.3 Å². The number of Topliss-reactive ketones (excluding diaryl/α,β-unsaturated/α-hetero) is 1. The highest BCUT2D eigenvalue weighted by molar-refractivity contribution is 7.13. The van der Waals surface area contributed by atoms with Gasteiger partial charge < -0.3 is 38.9 Å². The Hall–Kier alpha value is -7.06. The first-order valence-corrected chi connectivity index (χ1v) is 28.5. The number of phenolic OH excluding ortho intramolecular Hbond substituents is 1. The van der Waals surface area contributed by atoms with Crippen LogP contribution in [0.2, 0.25) is 5.02 Å². The number of fused-ring (bicyclic) bond motifs is 2. The van der Waals surface area contributed by atoms with Gasteiger partial charge in [-0.25, -0.2) is 13.8 Å². The van der Waals surface area contributed by atoms with Gasteiger partial charge in [-0.05, 0) is 108 Å². The van der Waals surface area contributed by atoms with E-state index in [1.165, 1.54) is 15.9 Å². The summed E-state index contributed by atoms with van der Waals surface area (Å²) in [7, 11) is 0. The number of aromatic hydroxyl groups is 1. The minimum atomic E-state index is -1.05. The van der Waals surface area contributed by atoms with E-state index in [1.807, 2.05) is 93.6 Å². The summed E-state index contributed by atoms with van der Waals surface area (Å²) < 4.78 is 49.4. The fourth-order valence-corrected chi connectivity index (χ4v) is 12.6. The van der Waals surface area contributed by atoms with Gasteiger partial charge in [-0.15, -0.1) is 11.3 Å². The molecule has 0 radical (unpaired) electrons. The average molecular weight is 1130 g/mol. The molecule has 3 fully saturated rings. The topological polar surface area (TPSA) is 188 Å². The molecule has 0 saturated carbocycles. The van der Waals surface area contributed by atoms with E-state index in [0.717, 1.165) is 47.6 Å². The molecule has 80 heavy (non-hydrogen) atoms. The van der Waals surface area contributed by atoms with Crippen molar-refractivity contribution in [2.45, 2.75) is 90.4 Å². The monoisotopic (exact) mass is 1130 g/mol. The van der Waals surface area contributed by atoms with Crippen molar-refractivity contribution < 1.29 is 47.4 Å². The highest BCUT2D eigenvalue weighted by Gasteiger charge is 2.43. The lowest BCUT2D eigenvalue weighted by Crippen LogP contribution is -2.49. The van der Waals surface area contributed by atoms with Crippen LogP contribution < -0.4 is 14.4 Å². The number of hydrogen-bond acceptors (Lipinski definition) is 15. The third kappa shape index (κ3) is 12.0. The number of likely N-dealkylation sites (tertiary alicyclic amines) is 2. The average Bonchev–Trinajstić information content (AvgIpc) is 4.23. The maximum Gasteiger partial charge on any atom is 0.319 e. The van der Waals surface area contributed by atoms with Gasteiger partial charge in [0.15, 0.2) is 23.2 Å². The van der Waals surface area contributed by atoms with Crippen LogP contribution in [0, 0.1) is 24.6 Å². The number of aliphatic hydroxyl groups excluding tert-OH is 1. The van der Waals surface area contributed by atoms with E-state index in [9.17, 15) is 29.0 Å². The van der Waals surface area contributed by atoms with Gasteiger partial charge in [0.1, 0.15) is 29.1 Å². The number of carbonyl (C=O) groups excluding carboxylic acids is 3. The molecule has 6 heterocycles. The molecule has 3 aliphatic rings. The highest BCUT2D eigenvalue weighted by Crippen LogP contribution is 2.43. The second-order valence-corrected chi connectivity index (χ2v) is 23.1. The van der Waals surface area contributed by atoms with E-state index in [-0.39, 0.29) is 109 Å². The lowest BCUT2D eigenvalue weighted by Gasteiger charge is -2.35. The van der Waals surface area contributed by atoms with Crippen molar-refractivity contribution in [2.24, 2.45) is 11.8 Å². The van der Waals surface area contributed by atoms with Crippen molar-refractivity contribution in [2.75, 3.05) is 63.9 Å². The number of phenols is 1. The van der Waals surface area contributed by atoms with E-state index in [4.69, 9.17) is 30.6 Å². The maximum atomic E-state index is 17.2. The number of piperidine rings is 1. The Balaban J connectivity index is 0.762. The first kappa shape index (κ1) is 56.2. The van der Waals surface area contributed by atoms with Gasteiger partial charge in [-0.1, -0.05) is 87.5 Å². The van der Waals surface area contributed by atoms with E-state index in [0.29, 0.717) is 46.5 Å². The molecular formula is C60H65ClF2N8O8S. The number of ether oxygens (including phenoxy) is 2. The predicted molar refractivity (Wildman–Crippen MR) is 303 cm³/mol. The number of halogens is 3. The van der Waals surface area contributed by atoms with Crippen molar-refractivity contribution in [1.29, 1.82) is 0 Å². The summed E-state index contributed by atoms with van der Waals surface area (Å²) in [6, 6.07) is 21.0. The summed E-state index contributed by atoms with van der Waals surface area (Å²) in [6.07, 6.45) is 0.755. The number of nitrogens with zero attached hydrogens (tertiary/aromatic N) is 8. The van der Waals surface area contributed by atoms with Crippen LogP contribution in [0.3, 0.4) is 0 Å². The minimum absolute atomic E-state index is 0.0415. The highest BCUT2D eigenvalue weighted by atomic mass is 35.5. The second kappa shape index (κ2) is 24.0. The largest absolute Gasteiger partial charge is 0.508 e. The number of aryl methyl sites for hydroxylation is 1. The number of anilines is 1. The molecule has 0 bridgehead atoms. The maximum absolute atomic E-state index is 17.2. The summed E-state index contributed by atoms with van der Waals surface area (Å²) in [5.74, 6) is -2.93. The van der Waals surface area contributed by atoms with Crippen LogP contribution in [0.15, 0.2) is 95.2 Å². The number of thiazole rings is 1. The number of amides is 2. The summed E-state index contributed by atoms with van der Waals surface area (Å²) in [4.78, 5) is 62.7. The lowest BCUT2D eigenvalue weighted by molar-refractivity contribution is -0.140. The smallest absolute Gasteiger partial charge is 0.319 e. The Kier molecular flexibility index (Phi) is 16.8. The Morgan fingerprint density at radius 3 is 2.39 bits per heavy atom. The molecule has 5 atom stereocenters. The molecule has 10 rings (SSSR count). The summed E-state index contributed by atoms with van der Waals surface area (Å²) in [5, 5.41) is 27.5. The van der Waals surface area contributed by atoms with E-state index in [2.05, 4.69) is 26.6 Å². The van der Waals surface area contributed by atoms with E-state index < -0.39 is 41.7 Å². The molecule has 2 N–H and O–H groups in total. The fraction of sp³-hybridized carbons (Fsp3) is 0.417. The molecule has 3 saturated heterocycles. The van der Waals surface area contributed by atoms with Crippen LogP contribution in [-0.2, 0) is 14.4 Å². The van der Waals surface area contributed by atoms with Gasteiger partial charge in [0.05, 0.1) is 39.9 Å². The van der Waals surface area contributed by atoms with Gasteiger partial charge in [0, 0.05) is 69.1 Å². The summed E-state index contributed by atoms with van der Waals surface area (Å²) >= 11 is 8.51. The van der Waals surface area contributed by atoms with Gasteiger partial charge >= 0.3 is 6.01 Å². The molecule has 0 aliphatic carbocycles. The summed E-state index contributed by atoms with van der Waals surface area (Å²) in [5.41, 5.74) is 5.30. The number of ketones is 1. The van der Waals surface area contributed by atoms with Crippen molar-refractivity contribution in [3.63, 3.8) is 0 Å². The van der Waals surface area contributed by atoms with Crippen molar-refractivity contribution >= 4 is 68.0 Å². The number of piperazine rings is 1. The van der Waals surface area contributed by atoms with Crippen LogP contribution >= 0.6 is 22.9 Å². The molecule has 0 spiro atoms. The molecule has 16 nitrogen and oxygen atoms in total. The standard InChI is InChI=1S/C60H65ClF2N8O8S/c1-33(2)52(59(76)71-30-43(73)26-48(71)49(74)23-34(3)39-11-13-40(14-12-39)56-37(6)64-32-80-56)50-28-51(67-79-50)77-31-38-15-17-68(18-16-38)29-35(4)78-60-65-55-46(57(66-60)69-19-21-70(22-20-69)58(75)36(5)62)27-47(61)53(54(55)63)45-25-42(72)24-41-9-7-8-10-44(41)45/h7-14,24-25,27-28,32-35,38,43,48,52,72-73H,5,15-23,26,29-31H2,1-4,6H3/t34-,35-,43-,48+,52+/m1/s1. The second-order valence-electron chi connectivity index (χ2n) is 21.8. The molecule has 420 valence electrons. The summed E-state index contributed by atoms with van der Waals surface area (Å²) in [6.45, 7) is 16.1. The Bertz CT molecular complexity index is 3430. The van der Waals surface area contributed by atoms with Crippen LogP contribution in [-0.4, -0.2) is 140 Å². The molecule has 0 unspecified atom stereocenters. The fourth-order valence-electron chi connectivity index (χ4n) is 11.5. The molecular weight excluding hydrogens is 1070 g/mol. The van der Waals surface area contributed by atoms with Gasteiger partial charge in [0.25, 0.3) is 11.8 Å². The first-order chi connectivity index (χ1) is 38.4. The number of aliphatic hydroxyl groups is 1. The predicted octanol–water partition coefficient (Wildman–Crippen LogP) is 10.5. The van der Waals surface area contributed by atoms with Gasteiger partial charge in [-0.2, -0.15) is 9.97 Å². The van der Waals surface area contributed by atoms with Crippen molar-refractivity contribution in [3.05, 3.63) is 119 Å². The number of rotatable bonds is 18. The Morgan fingerprint density at radius 2 is 1.69 bits per heavy atom. The van der Waals surface area contributed by atoms with E-state index in [1.54, 1.807) is 29.5 Å². The number of β-amino-alcohol motifs (C(OH)–C–C–N with tert-alkyl or cyclic N) is 1. The van der Waals surface area contributed by atoms with Crippen molar-refractivity contribution in [1.82, 2.24) is 34.8 Å². The molecule has 7 aromatic rings. The van der Waals surface area contributed by atoms with Crippen LogP contribution in [0.5, 0.6) is 17.6 Å². The number of aromatic nitrogens is 4. The molecule has 3 aliphatic heterocycles. The van der Waals surface area contributed by atoms with E-state index >= 15 is 4.39 Å².